The van der Waals surface area contributed by atoms with E-state index < -0.39 is 0 Å². The van der Waals surface area contributed by atoms with Gasteiger partial charge in [-0.25, -0.2) is 0 Å². The highest BCUT2D eigenvalue weighted by molar-refractivity contribution is 5.97. The van der Waals surface area contributed by atoms with Crippen LogP contribution in [0.2, 0.25) is 0 Å². The molecular weight excluding hydrogens is 276 g/mol. The number of hydrogen-bond donors (Lipinski definition) is 1. The zero-order chi connectivity index (χ0) is 15.5. The van der Waals surface area contributed by atoms with Gasteiger partial charge >= 0.3 is 0 Å². The summed E-state index contributed by atoms with van der Waals surface area (Å²) in [6.07, 6.45) is 8.14. The molecule has 1 N–H and O–H groups in total. The van der Waals surface area contributed by atoms with Gasteiger partial charge in [0.2, 0.25) is 11.8 Å². The number of carbonyl (C=O) groups is 2. The Hall–Kier alpha value is -1.84. The van der Waals surface area contributed by atoms with E-state index in [1.165, 1.54) is 32.1 Å². The average Bonchev–Trinajstić information content (AvgIpc) is 2.52. The van der Waals surface area contributed by atoms with Gasteiger partial charge < -0.3 is 10.2 Å². The number of benzene rings is 1. The molecule has 1 aliphatic heterocycles. The zero-order valence-electron chi connectivity index (χ0n) is 13.2. The molecule has 1 aliphatic carbocycles. The summed E-state index contributed by atoms with van der Waals surface area (Å²) in [5, 5.41) is 3.02. The number of nitrogens with one attached hydrogen (secondary N) is 1. The molecule has 4 heteroatoms. The van der Waals surface area contributed by atoms with Gasteiger partial charge in [0.15, 0.2) is 0 Å². The third-order valence-electron chi connectivity index (χ3n) is 4.91. The molecule has 3 rings (SSSR count). The van der Waals surface area contributed by atoms with E-state index in [0.717, 1.165) is 23.4 Å². The Morgan fingerprint density at radius 2 is 2.00 bits per heavy atom. The number of anilines is 2. The lowest BCUT2D eigenvalue weighted by molar-refractivity contribution is -0.119. The van der Waals surface area contributed by atoms with Gasteiger partial charge in [-0.2, -0.15) is 0 Å². The van der Waals surface area contributed by atoms with E-state index in [0.29, 0.717) is 18.8 Å². The summed E-state index contributed by atoms with van der Waals surface area (Å²) in [4.78, 5) is 25.6. The Balaban J connectivity index is 1.63. The second kappa shape index (κ2) is 6.51. The van der Waals surface area contributed by atoms with Gasteiger partial charge in [0.05, 0.1) is 0 Å². The molecule has 0 saturated heterocycles. The highest BCUT2D eigenvalue weighted by Gasteiger charge is 2.21. The standard InChI is InChI=1S/C18H24N2O2/c1-20-16-9-8-15(12-14(16)7-10-18(20)22)19-17(21)11-13-5-3-2-4-6-13/h8-9,12-13H,2-7,10-11H2,1H3,(H,19,21). The molecule has 0 unspecified atom stereocenters. The topological polar surface area (TPSA) is 49.4 Å². The van der Waals surface area contributed by atoms with Gasteiger partial charge in [-0.3, -0.25) is 9.59 Å². The Morgan fingerprint density at radius 1 is 1.23 bits per heavy atom. The van der Waals surface area contributed by atoms with Gasteiger partial charge in [-0.15, -0.1) is 0 Å². The van der Waals surface area contributed by atoms with Crippen molar-refractivity contribution in [3.63, 3.8) is 0 Å². The second-order valence-corrected chi connectivity index (χ2v) is 6.55. The van der Waals surface area contributed by atoms with Crippen molar-refractivity contribution in [3.8, 4) is 0 Å². The minimum Gasteiger partial charge on any atom is -0.326 e. The molecule has 0 spiro atoms. The van der Waals surface area contributed by atoms with Crippen molar-refractivity contribution in [1.82, 2.24) is 0 Å². The van der Waals surface area contributed by atoms with E-state index >= 15 is 0 Å². The van der Waals surface area contributed by atoms with Crippen LogP contribution in [0, 0.1) is 5.92 Å². The molecule has 2 amide bonds. The fourth-order valence-corrected chi connectivity index (χ4v) is 3.60. The molecule has 22 heavy (non-hydrogen) atoms. The molecule has 1 fully saturated rings. The van der Waals surface area contributed by atoms with Crippen LogP contribution >= 0.6 is 0 Å². The van der Waals surface area contributed by atoms with Crippen LogP contribution in [0.4, 0.5) is 11.4 Å². The summed E-state index contributed by atoms with van der Waals surface area (Å²) in [6, 6.07) is 5.84. The maximum Gasteiger partial charge on any atom is 0.227 e. The smallest absolute Gasteiger partial charge is 0.227 e. The minimum absolute atomic E-state index is 0.118. The van der Waals surface area contributed by atoms with Crippen LogP contribution < -0.4 is 10.2 Å². The van der Waals surface area contributed by atoms with E-state index in [1.807, 2.05) is 25.2 Å². The lowest BCUT2D eigenvalue weighted by Crippen LogP contribution is -2.31. The summed E-state index contributed by atoms with van der Waals surface area (Å²) in [6.45, 7) is 0. The van der Waals surface area contributed by atoms with Crippen molar-refractivity contribution in [2.75, 3.05) is 17.3 Å². The summed E-state index contributed by atoms with van der Waals surface area (Å²) in [7, 11) is 1.81. The first-order valence-electron chi connectivity index (χ1n) is 8.33. The van der Waals surface area contributed by atoms with Crippen LogP contribution in [0.15, 0.2) is 18.2 Å². The van der Waals surface area contributed by atoms with Gasteiger partial charge in [0.1, 0.15) is 0 Å². The maximum absolute atomic E-state index is 12.2. The van der Waals surface area contributed by atoms with Crippen LogP contribution in [0.5, 0.6) is 0 Å². The third kappa shape index (κ3) is 3.32. The lowest BCUT2D eigenvalue weighted by atomic mass is 9.87. The van der Waals surface area contributed by atoms with Gasteiger partial charge in [0, 0.05) is 31.3 Å². The predicted octanol–water partition coefficient (Wildman–Crippen LogP) is 3.50. The fraction of sp³-hybridized carbons (Fsp3) is 0.556. The zero-order valence-corrected chi connectivity index (χ0v) is 13.2. The van der Waals surface area contributed by atoms with Crippen LogP contribution in [-0.4, -0.2) is 18.9 Å². The normalized spacial score (nSPS) is 19.0. The molecular formula is C18H24N2O2. The van der Waals surface area contributed by atoms with Crippen molar-refractivity contribution in [2.45, 2.75) is 51.4 Å². The van der Waals surface area contributed by atoms with Crippen molar-refractivity contribution in [1.29, 1.82) is 0 Å². The Labute approximate surface area is 131 Å². The van der Waals surface area contributed by atoms with Gasteiger partial charge in [0.25, 0.3) is 0 Å². The van der Waals surface area contributed by atoms with Crippen LogP contribution in [-0.2, 0) is 16.0 Å². The molecule has 1 heterocycles. The van der Waals surface area contributed by atoms with Crippen molar-refractivity contribution in [3.05, 3.63) is 23.8 Å². The van der Waals surface area contributed by atoms with Crippen LogP contribution in [0.3, 0.4) is 0 Å². The van der Waals surface area contributed by atoms with Gasteiger partial charge in [-0.1, -0.05) is 19.3 Å². The molecule has 1 saturated carbocycles. The summed E-state index contributed by atoms with van der Waals surface area (Å²) in [5.41, 5.74) is 2.95. The predicted molar refractivity (Wildman–Crippen MR) is 88.0 cm³/mol. The van der Waals surface area contributed by atoms with E-state index in [4.69, 9.17) is 0 Å². The molecule has 0 radical (unpaired) electrons. The average molecular weight is 300 g/mol. The quantitative estimate of drug-likeness (QED) is 0.928. The SMILES string of the molecule is CN1C(=O)CCc2cc(NC(=O)CC3CCCCC3)ccc21. The van der Waals surface area contributed by atoms with Crippen LogP contribution in [0.1, 0.15) is 50.5 Å². The van der Waals surface area contributed by atoms with Crippen LogP contribution in [0.25, 0.3) is 0 Å². The number of nitrogens with zero attached hydrogens (tertiary/aromatic N) is 1. The minimum atomic E-state index is 0.118. The molecule has 0 aromatic heterocycles. The molecule has 4 nitrogen and oxygen atoms in total. The number of carbonyl (C=O) groups excluding carboxylic acids is 2. The Morgan fingerprint density at radius 3 is 2.77 bits per heavy atom. The van der Waals surface area contributed by atoms with Gasteiger partial charge in [-0.05, 0) is 48.9 Å². The number of rotatable bonds is 3. The second-order valence-electron chi connectivity index (χ2n) is 6.55. The lowest BCUT2D eigenvalue weighted by Gasteiger charge is -2.26. The number of aryl methyl sites for hydroxylation is 1. The Bertz CT molecular complexity index is 576. The first-order valence-corrected chi connectivity index (χ1v) is 8.33. The van der Waals surface area contributed by atoms with E-state index in [2.05, 4.69) is 5.32 Å². The molecule has 1 aromatic rings. The molecule has 2 aliphatic rings. The highest BCUT2D eigenvalue weighted by atomic mass is 16.2. The largest absolute Gasteiger partial charge is 0.326 e. The van der Waals surface area contributed by atoms with Crippen molar-refractivity contribution in [2.24, 2.45) is 5.92 Å². The molecule has 1 aromatic carbocycles. The summed E-state index contributed by atoms with van der Waals surface area (Å²) >= 11 is 0. The fourth-order valence-electron chi connectivity index (χ4n) is 3.60. The number of hydrogen-bond acceptors (Lipinski definition) is 2. The van der Waals surface area contributed by atoms with E-state index in [1.54, 1.807) is 4.90 Å². The maximum atomic E-state index is 12.2. The van der Waals surface area contributed by atoms with E-state index in [-0.39, 0.29) is 11.8 Å². The first kappa shape index (κ1) is 15.1. The van der Waals surface area contributed by atoms with E-state index in [9.17, 15) is 9.59 Å². The van der Waals surface area contributed by atoms with Crippen molar-refractivity contribution >= 4 is 23.2 Å². The molecule has 0 bridgehead atoms. The summed E-state index contributed by atoms with van der Waals surface area (Å²) < 4.78 is 0. The third-order valence-corrected chi connectivity index (χ3v) is 4.91. The van der Waals surface area contributed by atoms with Crippen molar-refractivity contribution < 1.29 is 9.59 Å². The first-order chi connectivity index (χ1) is 10.6. The Kier molecular flexibility index (Phi) is 4.46. The molecule has 118 valence electrons. The number of fused-ring (bicyclic) bond motifs is 1. The number of amides is 2. The monoisotopic (exact) mass is 300 g/mol. The summed E-state index contributed by atoms with van der Waals surface area (Å²) in [5.74, 6) is 0.823. The molecule has 0 atom stereocenters. The highest BCUT2D eigenvalue weighted by Crippen LogP contribution is 2.30.